The smallest absolute Gasteiger partial charge is 0.353 e. The van der Waals surface area contributed by atoms with Crippen molar-refractivity contribution in [2.45, 2.75) is 39.0 Å². The highest BCUT2D eigenvalue weighted by atomic mass is 79.9. The molecular weight excluding hydrogens is 416 g/mol. The van der Waals surface area contributed by atoms with Crippen molar-refractivity contribution >= 4 is 38.9 Å². The van der Waals surface area contributed by atoms with Crippen molar-refractivity contribution in [2.75, 3.05) is 0 Å². The van der Waals surface area contributed by atoms with Crippen molar-refractivity contribution in [3.8, 4) is 11.1 Å². The maximum Gasteiger partial charge on any atom is 0.353 e. The highest BCUT2D eigenvalue weighted by Crippen LogP contribution is 2.37. The molecule has 0 amide bonds. The molecule has 1 aromatic carbocycles. The number of carbonyl (C=O) groups is 1. The van der Waals surface area contributed by atoms with Gasteiger partial charge in [0.1, 0.15) is 5.69 Å². The molecular formula is C23H23BrN2O2. The first-order valence-electron chi connectivity index (χ1n) is 9.74. The Labute approximate surface area is 172 Å². The molecule has 5 heteroatoms. The number of aryl methyl sites for hydroxylation is 1. The molecule has 1 aliphatic rings. The number of pyridine rings is 1. The molecule has 0 saturated heterocycles. The summed E-state index contributed by atoms with van der Waals surface area (Å²) < 4.78 is 0.581. The van der Waals surface area contributed by atoms with Crippen LogP contribution in [0.1, 0.15) is 53.8 Å². The zero-order valence-electron chi connectivity index (χ0n) is 15.8. The molecule has 2 N–H and O–H groups in total. The number of hydrogen-bond acceptors (Lipinski definition) is 2. The Kier molecular flexibility index (Phi) is 5.36. The Morgan fingerprint density at radius 2 is 2.04 bits per heavy atom. The van der Waals surface area contributed by atoms with Gasteiger partial charge in [0.05, 0.1) is 15.7 Å². The van der Waals surface area contributed by atoms with Crippen molar-refractivity contribution < 1.29 is 9.90 Å². The zero-order valence-corrected chi connectivity index (χ0v) is 17.4. The number of rotatable bonds is 4. The molecule has 4 nitrogen and oxygen atoms in total. The number of aromatic nitrogens is 2. The van der Waals surface area contributed by atoms with Gasteiger partial charge in [0.2, 0.25) is 0 Å². The van der Waals surface area contributed by atoms with E-state index in [9.17, 15) is 9.90 Å². The summed E-state index contributed by atoms with van der Waals surface area (Å²) in [6.45, 7) is 2.07. The number of fused-ring (bicyclic) bond motifs is 1. The molecule has 3 aromatic rings. The minimum Gasteiger partial charge on any atom is -0.477 e. The summed E-state index contributed by atoms with van der Waals surface area (Å²) in [5.74, 6) is -0.354. The number of allylic oxidation sites excluding steroid dienone is 1. The topological polar surface area (TPSA) is 66.0 Å². The first-order valence-corrected chi connectivity index (χ1v) is 10.5. The summed E-state index contributed by atoms with van der Waals surface area (Å²) in [6.07, 6.45) is 12.7. The Bertz CT molecular complexity index is 1060. The number of carboxylic acid groups (broad SMARTS) is 1. The van der Waals surface area contributed by atoms with Crippen molar-refractivity contribution in [3.63, 3.8) is 0 Å². The van der Waals surface area contributed by atoms with Crippen molar-refractivity contribution in [3.05, 3.63) is 58.0 Å². The highest BCUT2D eigenvalue weighted by Gasteiger charge is 2.19. The number of hydrogen-bond donors (Lipinski definition) is 2. The number of aromatic carboxylic acids is 1. The quantitative estimate of drug-likeness (QED) is 0.482. The summed E-state index contributed by atoms with van der Waals surface area (Å²) in [4.78, 5) is 19.3. The highest BCUT2D eigenvalue weighted by molar-refractivity contribution is 9.10. The van der Waals surface area contributed by atoms with Gasteiger partial charge < -0.3 is 10.1 Å². The van der Waals surface area contributed by atoms with Crippen molar-refractivity contribution in [1.29, 1.82) is 0 Å². The molecule has 0 spiro atoms. The second-order valence-electron chi connectivity index (χ2n) is 7.49. The van der Waals surface area contributed by atoms with E-state index in [-0.39, 0.29) is 5.69 Å². The average Bonchev–Trinajstić information content (AvgIpc) is 3.05. The summed E-state index contributed by atoms with van der Waals surface area (Å²) in [7, 11) is 0. The van der Waals surface area contributed by atoms with Gasteiger partial charge in [-0.05, 0) is 59.3 Å². The molecule has 0 atom stereocenters. The van der Waals surface area contributed by atoms with Gasteiger partial charge >= 0.3 is 5.97 Å². The van der Waals surface area contributed by atoms with Crippen LogP contribution in [0, 0.1) is 12.8 Å². The Morgan fingerprint density at radius 3 is 2.79 bits per heavy atom. The van der Waals surface area contributed by atoms with Gasteiger partial charge in [-0.1, -0.05) is 43.5 Å². The van der Waals surface area contributed by atoms with Gasteiger partial charge in [0, 0.05) is 22.7 Å². The molecule has 28 heavy (non-hydrogen) atoms. The minimum atomic E-state index is -0.977. The summed E-state index contributed by atoms with van der Waals surface area (Å²) >= 11 is 3.44. The van der Waals surface area contributed by atoms with Gasteiger partial charge in [-0.3, -0.25) is 4.98 Å². The average molecular weight is 439 g/mol. The van der Waals surface area contributed by atoms with Crippen LogP contribution in [-0.4, -0.2) is 21.0 Å². The predicted octanol–water partition coefficient (Wildman–Crippen LogP) is 6.59. The molecule has 1 saturated carbocycles. The monoisotopic (exact) mass is 438 g/mol. The second kappa shape index (κ2) is 7.92. The molecule has 2 aromatic heterocycles. The van der Waals surface area contributed by atoms with E-state index in [1.54, 1.807) is 0 Å². The first-order chi connectivity index (χ1) is 13.6. The fourth-order valence-corrected chi connectivity index (χ4v) is 4.75. The second-order valence-corrected chi connectivity index (χ2v) is 8.29. The minimum absolute atomic E-state index is 0.170. The third-order valence-electron chi connectivity index (χ3n) is 5.62. The van der Waals surface area contributed by atoms with Crippen molar-refractivity contribution in [1.82, 2.24) is 9.97 Å². The van der Waals surface area contributed by atoms with Crippen molar-refractivity contribution in [2.24, 2.45) is 5.92 Å². The fraction of sp³-hybridized carbons (Fsp3) is 0.304. The molecule has 4 rings (SSSR count). The van der Waals surface area contributed by atoms with E-state index in [0.717, 1.165) is 33.3 Å². The zero-order chi connectivity index (χ0) is 19.7. The largest absolute Gasteiger partial charge is 0.477 e. The standard InChI is InChI=1S/C23H23BrN2O2/c1-14-12-13-25-18(11-10-15-6-3-2-4-7-15)19(14)16-8-5-9-17-20(24)22(23(27)28)26-21(16)17/h5,8-13,15,26H,2-4,6-7H2,1H3,(H,27,28)/b11-10+. The lowest BCUT2D eigenvalue weighted by Crippen LogP contribution is -2.02. The lowest BCUT2D eigenvalue weighted by molar-refractivity contribution is 0.0690. The van der Waals surface area contributed by atoms with Crippen LogP contribution in [0.2, 0.25) is 0 Å². The molecule has 1 fully saturated rings. The lowest BCUT2D eigenvalue weighted by atomic mass is 9.88. The number of para-hydroxylation sites is 1. The normalized spacial score (nSPS) is 15.5. The first kappa shape index (κ1) is 18.9. The van der Waals surface area contributed by atoms with Gasteiger partial charge in [0.25, 0.3) is 0 Å². The number of H-pyrrole nitrogens is 1. The molecule has 0 unspecified atom stereocenters. The fourth-order valence-electron chi connectivity index (χ4n) is 4.15. The maximum absolute atomic E-state index is 11.6. The van der Waals surface area contributed by atoms with E-state index in [0.29, 0.717) is 10.4 Å². The molecule has 0 bridgehead atoms. The third kappa shape index (κ3) is 3.51. The molecule has 0 radical (unpaired) electrons. The Balaban J connectivity index is 1.84. The van der Waals surface area contributed by atoms with Gasteiger partial charge in [-0.25, -0.2) is 4.79 Å². The van der Waals surface area contributed by atoms with Crippen LogP contribution >= 0.6 is 15.9 Å². The number of nitrogens with one attached hydrogen (secondary N) is 1. The van der Waals surface area contributed by atoms with Gasteiger partial charge in [-0.15, -0.1) is 0 Å². The summed E-state index contributed by atoms with van der Waals surface area (Å²) in [5, 5.41) is 10.3. The lowest BCUT2D eigenvalue weighted by Gasteiger charge is -2.18. The van der Waals surface area contributed by atoms with E-state index in [2.05, 4.69) is 45.0 Å². The Morgan fingerprint density at radius 1 is 1.25 bits per heavy atom. The molecule has 0 aliphatic heterocycles. The van der Waals surface area contributed by atoms with Crippen LogP contribution in [0.4, 0.5) is 0 Å². The van der Waals surface area contributed by atoms with Crippen LogP contribution in [0.15, 0.2) is 41.0 Å². The van der Waals surface area contributed by atoms with Gasteiger partial charge in [-0.2, -0.15) is 0 Å². The van der Waals surface area contributed by atoms with Crippen LogP contribution < -0.4 is 0 Å². The number of nitrogens with zero attached hydrogens (tertiary/aromatic N) is 1. The van der Waals surface area contributed by atoms with Gasteiger partial charge in [0.15, 0.2) is 0 Å². The van der Waals surface area contributed by atoms with E-state index in [4.69, 9.17) is 0 Å². The van der Waals surface area contributed by atoms with Crippen LogP contribution in [0.3, 0.4) is 0 Å². The number of carboxylic acids is 1. The predicted molar refractivity (Wildman–Crippen MR) is 117 cm³/mol. The molecule has 1 aliphatic carbocycles. The number of aromatic amines is 1. The van der Waals surface area contributed by atoms with E-state index < -0.39 is 5.97 Å². The summed E-state index contributed by atoms with van der Waals surface area (Å²) in [5.41, 5.74) is 5.05. The maximum atomic E-state index is 11.6. The molecule has 144 valence electrons. The number of halogens is 1. The third-order valence-corrected chi connectivity index (χ3v) is 6.44. The van der Waals surface area contributed by atoms with E-state index in [1.165, 1.54) is 32.1 Å². The Hall–Kier alpha value is -2.40. The van der Waals surface area contributed by atoms with Crippen LogP contribution in [0.5, 0.6) is 0 Å². The SMILES string of the molecule is Cc1ccnc(/C=C/C2CCCCC2)c1-c1cccc2c(Br)c(C(=O)O)[nH]c12. The van der Waals surface area contributed by atoms with E-state index in [1.807, 2.05) is 30.5 Å². The van der Waals surface area contributed by atoms with Crippen LogP contribution in [0.25, 0.3) is 28.1 Å². The van der Waals surface area contributed by atoms with Crippen LogP contribution in [-0.2, 0) is 0 Å². The van der Waals surface area contributed by atoms with E-state index >= 15 is 0 Å². The molecule has 2 heterocycles. The number of benzene rings is 1. The summed E-state index contributed by atoms with van der Waals surface area (Å²) in [6, 6.07) is 7.92.